The molecule has 11 heavy (non-hydrogen) atoms. The van der Waals surface area contributed by atoms with Crippen molar-refractivity contribution in [3.63, 3.8) is 0 Å². The van der Waals surface area contributed by atoms with Gasteiger partial charge in [0.15, 0.2) is 0 Å². The van der Waals surface area contributed by atoms with E-state index in [1.54, 1.807) is 0 Å². The SMILES string of the molecule is CC1=CCC(C(C)C)C(O)=C1. The van der Waals surface area contributed by atoms with E-state index in [2.05, 4.69) is 19.9 Å². The van der Waals surface area contributed by atoms with Crippen LogP contribution in [0.4, 0.5) is 0 Å². The van der Waals surface area contributed by atoms with Crippen LogP contribution in [-0.2, 0) is 0 Å². The fraction of sp³-hybridized carbons (Fsp3) is 0.600. The minimum absolute atomic E-state index is 0.346. The average Bonchev–Trinajstić information content (AvgIpc) is 1.85. The smallest absolute Gasteiger partial charge is 0.0961 e. The van der Waals surface area contributed by atoms with Crippen LogP contribution >= 0.6 is 0 Å². The zero-order valence-corrected chi connectivity index (χ0v) is 7.46. The monoisotopic (exact) mass is 152 g/mol. The van der Waals surface area contributed by atoms with Crippen molar-refractivity contribution in [3.8, 4) is 0 Å². The zero-order chi connectivity index (χ0) is 8.43. The third kappa shape index (κ3) is 1.86. The number of aliphatic hydroxyl groups excluding tert-OH is 1. The molecule has 0 aliphatic heterocycles. The first-order chi connectivity index (χ1) is 5.11. The van der Waals surface area contributed by atoms with Crippen LogP contribution in [0.25, 0.3) is 0 Å². The molecule has 0 aromatic carbocycles. The van der Waals surface area contributed by atoms with Crippen molar-refractivity contribution in [3.05, 3.63) is 23.5 Å². The average molecular weight is 152 g/mol. The summed E-state index contributed by atoms with van der Waals surface area (Å²) in [6.07, 6.45) is 5.05. The highest BCUT2D eigenvalue weighted by Gasteiger charge is 2.18. The van der Waals surface area contributed by atoms with Gasteiger partial charge in [0.2, 0.25) is 0 Å². The van der Waals surface area contributed by atoms with E-state index in [0.29, 0.717) is 17.6 Å². The molecule has 0 fully saturated rings. The second kappa shape index (κ2) is 3.12. The van der Waals surface area contributed by atoms with Crippen LogP contribution in [0.1, 0.15) is 27.2 Å². The Morgan fingerprint density at radius 1 is 1.55 bits per heavy atom. The molecule has 1 atom stereocenters. The lowest BCUT2D eigenvalue weighted by atomic mass is 9.86. The number of hydrogen-bond acceptors (Lipinski definition) is 1. The minimum atomic E-state index is 0.346. The van der Waals surface area contributed by atoms with E-state index < -0.39 is 0 Å². The maximum Gasteiger partial charge on any atom is 0.0961 e. The van der Waals surface area contributed by atoms with Crippen molar-refractivity contribution in [2.45, 2.75) is 27.2 Å². The van der Waals surface area contributed by atoms with E-state index in [9.17, 15) is 5.11 Å². The number of rotatable bonds is 1. The molecule has 1 aliphatic rings. The fourth-order valence-electron chi connectivity index (χ4n) is 1.45. The van der Waals surface area contributed by atoms with E-state index in [0.717, 1.165) is 6.42 Å². The van der Waals surface area contributed by atoms with E-state index in [1.165, 1.54) is 5.57 Å². The Balaban J connectivity index is 2.72. The van der Waals surface area contributed by atoms with Gasteiger partial charge in [-0.15, -0.1) is 0 Å². The van der Waals surface area contributed by atoms with Crippen molar-refractivity contribution in [1.82, 2.24) is 0 Å². The number of allylic oxidation sites excluding steroid dienone is 4. The Bertz CT molecular complexity index is 199. The molecule has 0 saturated carbocycles. The van der Waals surface area contributed by atoms with Gasteiger partial charge in [-0.25, -0.2) is 0 Å². The van der Waals surface area contributed by atoms with E-state index >= 15 is 0 Å². The van der Waals surface area contributed by atoms with Crippen LogP contribution in [0, 0.1) is 11.8 Å². The Hall–Kier alpha value is -0.720. The summed E-state index contributed by atoms with van der Waals surface area (Å²) in [5, 5.41) is 9.53. The van der Waals surface area contributed by atoms with Crippen molar-refractivity contribution < 1.29 is 5.11 Å². The lowest BCUT2D eigenvalue weighted by molar-refractivity contribution is 0.279. The fourth-order valence-corrected chi connectivity index (χ4v) is 1.45. The molecule has 0 bridgehead atoms. The van der Waals surface area contributed by atoms with Crippen molar-refractivity contribution in [2.24, 2.45) is 11.8 Å². The topological polar surface area (TPSA) is 20.2 Å². The highest BCUT2D eigenvalue weighted by molar-refractivity contribution is 5.24. The molecule has 1 N–H and O–H groups in total. The molecule has 0 spiro atoms. The second-order valence-electron chi connectivity index (χ2n) is 3.60. The van der Waals surface area contributed by atoms with Crippen LogP contribution < -0.4 is 0 Å². The summed E-state index contributed by atoms with van der Waals surface area (Å²) in [6, 6.07) is 0. The predicted molar refractivity (Wildman–Crippen MR) is 47.4 cm³/mol. The van der Waals surface area contributed by atoms with Crippen molar-refractivity contribution in [2.75, 3.05) is 0 Å². The molecule has 1 heteroatoms. The summed E-state index contributed by atoms with van der Waals surface area (Å²) in [5.74, 6) is 1.44. The highest BCUT2D eigenvalue weighted by atomic mass is 16.3. The minimum Gasteiger partial charge on any atom is -0.512 e. The zero-order valence-electron chi connectivity index (χ0n) is 7.46. The lowest BCUT2D eigenvalue weighted by Crippen LogP contribution is -2.13. The normalized spacial score (nSPS) is 24.9. The van der Waals surface area contributed by atoms with E-state index in [-0.39, 0.29) is 0 Å². The molecule has 0 radical (unpaired) electrons. The Labute approximate surface area is 68.4 Å². The summed E-state index contributed by atoms with van der Waals surface area (Å²) < 4.78 is 0. The molecule has 0 aromatic rings. The molecule has 0 saturated heterocycles. The van der Waals surface area contributed by atoms with Gasteiger partial charge < -0.3 is 5.11 Å². The summed E-state index contributed by atoms with van der Waals surface area (Å²) in [5.41, 5.74) is 1.18. The first-order valence-corrected chi connectivity index (χ1v) is 4.18. The maximum absolute atomic E-state index is 9.53. The van der Waals surface area contributed by atoms with Crippen LogP contribution in [-0.4, -0.2) is 5.11 Å². The van der Waals surface area contributed by atoms with Crippen LogP contribution in [0.3, 0.4) is 0 Å². The maximum atomic E-state index is 9.53. The van der Waals surface area contributed by atoms with Crippen LogP contribution in [0.15, 0.2) is 23.5 Å². The highest BCUT2D eigenvalue weighted by Crippen LogP contribution is 2.27. The van der Waals surface area contributed by atoms with Gasteiger partial charge >= 0.3 is 0 Å². The van der Waals surface area contributed by atoms with Gasteiger partial charge in [-0.2, -0.15) is 0 Å². The van der Waals surface area contributed by atoms with Gasteiger partial charge in [0.25, 0.3) is 0 Å². The van der Waals surface area contributed by atoms with Crippen molar-refractivity contribution in [1.29, 1.82) is 0 Å². The Kier molecular flexibility index (Phi) is 2.38. The summed E-state index contributed by atoms with van der Waals surface area (Å²) >= 11 is 0. The summed E-state index contributed by atoms with van der Waals surface area (Å²) in [4.78, 5) is 0. The Morgan fingerprint density at radius 2 is 2.18 bits per heavy atom. The van der Waals surface area contributed by atoms with Crippen LogP contribution in [0.2, 0.25) is 0 Å². The van der Waals surface area contributed by atoms with Gasteiger partial charge in [-0.3, -0.25) is 0 Å². The largest absolute Gasteiger partial charge is 0.512 e. The molecule has 0 heterocycles. The van der Waals surface area contributed by atoms with Crippen molar-refractivity contribution >= 4 is 0 Å². The van der Waals surface area contributed by atoms with Gasteiger partial charge in [0.1, 0.15) is 0 Å². The van der Waals surface area contributed by atoms with Gasteiger partial charge in [0, 0.05) is 5.92 Å². The first kappa shape index (κ1) is 8.38. The summed E-state index contributed by atoms with van der Waals surface area (Å²) in [6.45, 7) is 6.30. The molecule has 1 aliphatic carbocycles. The van der Waals surface area contributed by atoms with Gasteiger partial charge in [0.05, 0.1) is 5.76 Å². The molecule has 1 rings (SSSR count). The van der Waals surface area contributed by atoms with E-state index in [1.807, 2.05) is 13.0 Å². The molecule has 0 amide bonds. The van der Waals surface area contributed by atoms with Gasteiger partial charge in [-0.05, 0) is 25.3 Å². The third-order valence-electron chi connectivity index (χ3n) is 2.25. The number of aliphatic hydroxyl groups is 1. The molecular weight excluding hydrogens is 136 g/mol. The standard InChI is InChI=1S/C10H16O/c1-7(2)9-5-4-8(3)6-10(9)11/h4,6-7,9,11H,5H2,1-3H3. The first-order valence-electron chi connectivity index (χ1n) is 4.18. The third-order valence-corrected chi connectivity index (χ3v) is 2.25. The predicted octanol–water partition coefficient (Wildman–Crippen LogP) is 3.05. The molecule has 0 aromatic heterocycles. The molecule has 62 valence electrons. The lowest BCUT2D eigenvalue weighted by Gasteiger charge is -2.21. The second-order valence-corrected chi connectivity index (χ2v) is 3.60. The van der Waals surface area contributed by atoms with E-state index in [4.69, 9.17) is 0 Å². The number of hydrogen-bond donors (Lipinski definition) is 1. The van der Waals surface area contributed by atoms with Gasteiger partial charge in [-0.1, -0.05) is 25.5 Å². The summed E-state index contributed by atoms with van der Waals surface area (Å²) in [7, 11) is 0. The molecular formula is C10H16O. The quantitative estimate of drug-likeness (QED) is 0.612. The molecule has 1 unspecified atom stereocenters. The molecule has 1 nitrogen and oxygen atoms in total. The Morgan fingerprint density at radius 3 is 2.64 bits per heavy atom. The van der Waals surface area contributed by atoms with Crippen LogP contribution in [0.5, 0.6) is 0 Å².